The van der Waals surface area contributed by atoms with Crippen molar-refractivity contribution in [3.63, 3.8) is 0 Å². The Morgan fingerprint density at radius 1 is 1.40 bits per heavy atom. The standard InChI is InChI=1S/C12H17N3/c1-8(2)9-4-12-11(14-7-9)5-10(6-13)15(12)3/h4-5,7-8H,6,13H2,1-3H3. The highest BCUT2D eigenvalue weighted by Crippen LogP contribution is 2.21. The lowest BCUT2D eigenvalue weighted by Gasteiger charge is -2.05. The SMILES string of the molecule is CC(C)c1cnc2cc(CN)n(C)c2c1. The van der Waals surface area contributed by atoms with Gasteiger partial charge in [-0.2, -0.15) is 0 Å². The van der Waals surface area contributed by atoms with E-state index in [1.807, 2.05) is 13.2 Å². The molecule has 0 aromatic carbocycles. The van der Waals surface area contributed by atoms with E-state index in [-0.39, 0.29) is 0 Å². The number of hydrogen-bond acceptors (Lipinski definition) is 2. The van der Waals surface area contributed by atoms with Gasteiger partial charge >= 0.3 is 0 Å². The fourth-order valence-corrected chi connectivity index (χ4v) is 1.78. The predicted molar refractivity (Wildman–Crippen MR) is 62.7 cm³/mol. The van der Waals surface area contributed by atoms with E-state index in [0.29, 0.717) is 12.5 Å². The van der Waals surface area contributed by atoms with Crippen molar-refractivity contribution < 1.29 is 0 Å². The van der Waals surface area contributed by atoms with Crippen LogP contribution >= 0.6 is 0 Å². The summed E-state index contributed by atoms with van der Waals surface area (Å²) in [6, 6.07) is 4.26. The highest BCUT2D eigenvalue weighted by atomic mass is 15.0. The van der Waals surface area contributed by atoms with Crippen LogP contribution in [0.3, 0.4) is 0 Å². The first-order valence-electron chi connectivity index (χ1n) is 5.27. The van der Waals surface area contributed by atoms with E-state index in [2.05, 4.69) is 35.5 Å². The number of nitrogens with two attached hydrogens (primary N) is 1. The number of fused-ring (bicyclic) bond motifs is 1. The van der Waals surface area contributed by atoms with E-state index in [1.54, 1.807) is 0 Å². The number of aryl methyl sites for hydroxylation is 1. The molecule has 0 aliphatic rings. The maximum Gasteiger partial charge on any atom is 0.0884 e. The van der Waals surface area contributed by atoms with E-state index in [0.717, 1.165) is 11.2 Å². The number of nitrogens with zero attached hydrogens (tertiary/aromatic N) is 2. The summed E-state index contributed by atoms with van der Waals surface area (Å²) >= 11 is 0. The minimum atomic E-state index is 0.512. The second-order valence-corrected chi connectivity index (χ2v) is 4.23. The zero-order valence-electron chi connectivity index (χ0n) is 9.49. The highest BCUT2D eigenvalue weighted by Gasteiger charge is 2.07. The Bertz CT molecular complexity index is 483. The van der Waals surface area contributed by atoms with E-state index in [4.69, 9.17) is 5.73 Å². The maximum absolute atomic E-state index is 5.66. The molecule has 3 heteroatoms. The Labute approximate surface area is 89.9 Å². The molecule has 0 amide bonds. The van der Waals surface area contributed by atoms with Crippen molar-refractivity contribution in [2.45, 2.75) is 26.3 Å². The molecule has 0 spiro atoms. The van der Waals surface area contributed by atoms with E-state index in [1.165, 1.54) is 11.1 Å². The van der Waals surface area contributed by atoms with Gasteiger partial charge < -0.3 is 10.3 Å². The molecule has 15 heavy (non-hydrogen) atoms. The molecular formula is C12H17N3. The molecule has 0 radical (unpaired) electrons. The van der Waals surface area contributed by atoms with Gasteiger partial charge in [-0.3, -0.25) is 4.98 Å². The summed E-state index contributed by atoms with van der Waals surface area (Å²) in [6.45, 7) is 4.91. The quantitative estimate of drug-likeness (QED) is 0.812. The van der Waals surface area contributed by atoms with Gasteiger partial charge in [-0.1, -0.05) is 13.8 Å². The molecule has 0 aliphatic heterocycles. The lowest BCUT2D eigenvalue weighted by molar-refractivity contribution is 0.839. The topological polar surface area (TPSA) is 43.8 Å². The zero-order valence-corrected chi connectivity index (χ0v) is 9.49. The van der Waals surface area contributed by atoms with Crippen molar-refractivity contribution in [1.82, 2.24) is 9.55 Å². The first-order valence-corrected chi connectivity index (χ1v) is 5.27. The molecule has 2 heterocycles. The summed E-state index contributed by atoms with van der Waals surface area (Å²) in [6.07, 6.45) is 1.95. The second-order valence-electron chi connectivity index (χ2n) is 4.23. The Morgan fingerprint density at radius 2 is 2.13 bits per heavy atom. The highest BCUT2D eigenvalue weighted by molar-refractivity contribution is 5.77. The predicted octanol–water partition coefficient (Wildman–Crippen LogP) is 2.16. The van der Waals surface area contributed by atoms with Crippen LogP contribution < -0.4 is 5.73 Å². The molecule has 2 N–H and O–H groups in total. The lowest BCUT2D eigenvalue weighted by Crippen LogP contribution is -2.02. The number of aromatic nitrogens is 2. The Balaban J connectivity index is 2.65. The van der Waals surface area contributed by atoms with Crippen molar-refractivity contribution in [3.8, 4) is 0 Å². The summed E-state index contributed by atoms with van der Waals surface area (Å²) in [5, 5.41) is 0. The number of hydrogen-bond donors (Lipinski definition) is 1. The summed E-state index contributed by atoms with van der Waals surface area (Å²) in [4.78, 5) is 4.46. The normalized spacial score (nSPS) is 11.5. The van der Waals surface area contributed by atoms with Crippen molar-refractivity contribution in [3.05, 3.63) is 29.6 Å². The van der Waals surface area contributed by atoms with Crippen LogP contribution in [0, 0.1) is 0 Å². The molecule has 0 atom stereocenters. The van der Waals surface area contributed by atoms with Crippen LogP contribution in [0.25, 0.3) is 11.0 Å². The van der Waals surface area contributed by atoms with Crippen LogP contribution in [-0.2, 0) is 13.6 Å². The van der Waals surface area contributed by atoms with Crippen LogP contribution in [0.4, 0.5) is 0 Å². The third kappa shape index (κ3) is 1.63. The third-order valence-corrected chi connectivity index (χ3v) is 2.89. The Morgan fingerprint density at radius 3 is 2.73 bits per heavy atom. The van der Waals surface area contributed by atoms with Crippen molar-refractivity contribution in [1.29, 1.82) is 0 Å². The average Bonchev–Trinajstić information content (AvgIpc) is 2.55. The molecule has 3 nitrogen and oxygen atoms in total. The van der Waals surface area contributed by atoms with Gasteiger partial charge in [0.05, 0.1) is 11.0 Å². The molecule has 0 aliphatic carbocycles. The summed E-state index contributed by atoms with van der Waals surface area (Å²) in [5.41, 5.74) is 10.3. The van der Waals surface area contributed by atoms with Crippen LogP contribution in [0.15, 0.2) is 18.3 Å². The summed E-state index contributed by atoms with van der Waals surface area (Å²) < 4.78 is 2.12. The molecule has 0 bridgehead atoms. The molecule has 2 aromatic rings. The third-order valence-electron chi connectivity index (χ3n) is 2.89. The van der Waals surface area contributed by atoms with E-state index >= 15 is 0 Å². The fourth-order valence-electron chi connectivity index (χ4n) is 1.78. The maximum atomic E-state index is 5.66. The smallest absolute Gasteiger partial charge is 0.0884 e. The van der Waals surface area contributed by atoms with Crippen molar-refractivity contribution in [2.24, 2.45) is 12.8 Å². The molecule has 80 valence electrons. The van der Waals surface area contributed by atoms with Gasteiger partial charge in [0.25, 0.3) is 0 Å². The van der Waals surface area contributed by atoms with Gasteiger partial charge in [-0.05, 0) is 23.6 Å². The van der Waals surface area contributed by atoms with Gasteiger partial charge in [0, 0.05) is 25.5 Å². The van der Waals surface area contributed by atoms with Gasteiger partial charge in [-0.15, -0.1) is 0 Å². The lowest BCUT2D eigenvalue weighted by atomic mass is 10.1. The first-order chi connectivity index (χ1) is 7.13. The fraction of sp³-hybridized carbons (Fsp3) is 0.417. The monoisotopic (exact) mass is 203 g/mol. The van der Waals surface area contributed by atoms with Crippen LogP contribution in [0.1, 0.15) is 31.0 Å². The van der Waals surface area contributed by atoms with Crippen LogP contribution in [0.5, 0.6) is 0 Å². The summed E-state index contributed by atoms with van der Waals surface area (Å²) in [5.74, 6) is 0.512. The summed E-state index contributed by atoms with van der Waals surface area (Å²) in [7, 11) is 2.04. The number of rotatable bonds is 2. The molecule has 0 saturated carbocycles. The second kappa shape index (κ2) is 3.66. The Kier molecular flexibility index (Phi) is 2.49. The van der Waals surface area contributed by atoms with Crippen molar-refractivity contribution >= 4 is 11.0 Å². The average molecular weight is 203 g/mol. The van der Waals surface area contributed by atoms with Gasteiger partial charge in [0.1, 0.15) is 0 Å². The van der Waals surface area contributed by atoms with Crippen LogP contribution in [-0.4, -0.2) is 9.55 Å². The minimum Gasteiger partial charge on any atom is -0.345 e. The first kappa shape index (κ1) is 10.2. The van der Waals surface area contributed by atoms with Crippen molar-refractivity contribution in [2.75, 3.05) is 0 Å². The largest absolute Gasteiger partial charge is 0.345 e. The molecule has 2 rings (SSSR count). The molecular weight excluding hydrogens is 186 g/mol. The zero-order chi connectivity index (χ0) is 11.0. The van der Waals surface area contributed by atoms with Crippen LogP contribution in [0.2, 0.25) is 0 Å². The molecule has 0 fully saturated rings. The van der Waals surface area contributed by atoms with E-state index < -0.39 is 0 Å². The number of pyridine rings is 1. The molecule has 2 aromatic heterocycles. The minimum absolute atomic E-state index is 0.512. The van der Waals surface area contributed by atoms with Gasteiger partial charge in [0.2, 0.25) is 0 Å². The van der Waals surface area contributed by atoms with E-state index in [9.17, 15) is 0 Å². The van der Waals surface area contributed by atoms with Gasteiger partial charge in [-0.25, -0.2) is 0 Å². The van der Waals surface area contributed by atoms with Gasteiger partial charge in [0.15, 0.2) is 0 Å². The molecule has 0 unspecified atom stereocenters. The Hall–Kier alpha value is -1.35. The molecule has 0 saturated heterocycles.